The fourth-order valence-electron chi connectivity index (χ4n) is 4.73. The Bertz CT molecular complexity index is 1440. The molecule has 0 amide bonds. The van der Waals surface area contributed by atoms with Gasteiger partial charge in [0.2, 0.25) is 5.39 Å². The quantitative estimate of drug-likeness (QED) is 0.321. The average molecular weight is 458 g/mol. The number of hydrogen-bond acceptors (Lipinski definition) is 10. The normalized spacial score (nSPS) is 31.2. The molecular formula is C22H20N2O9. The minimum atomic E-state index is -2.28. The van der Waals surface area contributed by atoms with Crippen molar-refractivity contribution in [3.8, 4) is 5.75 Å². The Balaban J connectivity index is 2.18. The first-order valence-corrected chi connectivity index (χ1v) is 9.78. The highest BCUT2D eigenvalue weighted by atomic mass is 16.6. The Labute approximate surface area is 189 Å². The summed E-state index contributed by atoms with van der Waals surface area (Å²) in [5, 5.41) is 66.2. The number of fused-ring (bicyclic) bond motifs is 3. The highest BCUT2D eigenvalue weighted by molar-refractivity contribution is 5.81. The summed E-state index contributed by atoms with van der Waals surface area (Å²) in [5.74, 6) is -5.95. The second kappa shape index (κ2) is 7.33. The molecule has 0 bridgehead atoms. The number of carbonyl (C=O) groups is 2. The molecule has 0 aliphatic heterocycles. The zero-order valence-corrected chi connectivity index (χ0v) is 17.6. The number of diazo groups is 1. The lowest BCUT2D eigenvalue weighted by molar-refractivity contribution is -0.270. The summed E-state index contributed by atoms with van der Waals surface area (Å²) in [6.45, 7) is 3.14. The molecular weight excluding hydrogens is 436 g/mol. The van der Waals surface area contributed by atoms with Crippen LogP contribution in [-0.2, 0) is 19.1 Å². The molecule has 0 radical (unpaired) electrons. The van der Waals surface area contributed by atoms with Crippen molar-refractivity contribution >= 4 is 23.5 Å². The first kappa shape index (κ1) is 19.8. The molecule has 0 heterocycles. The van der Waals surface area contributed by atoms with E-state index >= 15 is 0 Å². The smallest absolute Gasteiger partial charge is 0.384 e. The van der Waals surface area contributed by atoms with Crippen LogP contribution in [0.4, 0.5) is 0 Å². The van der Waals surface area contributed by atoms with Crippen LogP contribution >= 0.6 is 0 Å². The maximum absolute atomic E-state index is 12.7. The Hall–Kier alpha value is -3.88. The minimum absolute atomic E-state index is 0.289. The lowest BCUT2D eigenvalue weighted by Crippen LogP contribution is -2.62. The van der Waals surface area contributed by atoms with Crippen LogP contribution in [0.2, 0.25) is 0 Å². The fraction of sp³-hybridized carbons (Fsp3) is 0.364. The number of esters is 2. The Kier molecular flexibility index (Phi) is 4.39. The largest absolute Gasteiger partial charge is 0.872 e. The summed E-state index contributed by atoms with van der Waals surface area (Å²) in [4.78, 5) is 26.8. The molecule has 33 heavy (non-hydrogen) atoms. The molecule has 0 aromatic heterocycles. The summed E-state index contributed by atoms with van der Waals surface area (Å²) >= 11 is 0. The summed E-state index contributed by atoms with van der Waals surface area (Å²) < 4.78 is 26.3. The molecule has 11 heteroatoms. The summed E-state index contributed by atoms with van der Waals surface area (Å²) in [6, 6.07) is -0.255. The van der Waals surface area contributed by atoms with Crippen molar-refractivity contribution in [1.82, 2.24) is 0 Å². The first-order valence-electron chi connectivity index (χ1n) is 10.8. The number of rotatable bonds is 2. The number of hydrogen-bond donors (Lipinski definition) is 4. The second-order valence-corrected chi connectivity index (χ2v) is 8.10. The van der Waals surface area contributed by atoms with Gasteiger partial charge in [-0.15, -0.1) is 0 Å². The summed E-state index contributed by atoms with van der Waals surface area (Å²) in [6.07, 6.45) is -5.35. The molecule has 3 aliphatic rings. The number of benzene rings is 1. The van der Waals surface area contributed by atoms with E-state index in [9.17, 15) is 40.5 Å². The Morgan fingerprint density at radius 2 is 1.82 bits per heavy atom. The highest BCUT2D eigenvalue weighted by Crippen LogP contribution is 2.53. The lowest BCUT2D eigenvalue weighted by atomic mass is 9.73. The maximum atomic E-state index is 12.7. The van der Waals surface area contributed by atoms with E-state index in [1.54, 1.807) is 0 Å². The monoisotopic (exact) mass is 458 g/mol. The number of ether oxygens (including phenoxy) is 2. The van der Waals surface area contributed by atoms with Crippen LogP contribution < -0.4 is 15.5 Å². The van der Waals surface area contributed by atoms with Crippen molar-refractivity contribution < 1.29 is 47.3 Å². The molecule has 1 unspecified atom stereocenters. The van der Waals surface area contributed by atoms with Gasteiger partial charge in [0.05, 0.1) is 8.31 Å². The molecule has 4 rings (SSSR count). The average Bonchev–Trinajstić information content (AvgIpc) is 3.10. The third-order valence-electron chi connectivity index (χ3n) is 5.97. The standard InChI is InChI=1S/C22H20N2O9/c1-7(25)32-20-15-13(19(30)21(22(20,3)31)33-8(2)26)12-14(16(15)24-23)18(29)11-9(17(12)28)5-4-6-10(11)27/h4-6,14,19-21,23,30-31H,1-3H3,(H,27,29)/t14?,19-,20+,21+,22+/m0/s1/i5D,6D. The lowest BCUT2D eigenvalue weighted by Gasteiger charge is -2.45. The van der Waals surface area contributed by atoms with Crippen LogP contribution in [0.3, 0.4) is 0 Å². The van der Waals surface area contributed by atoms with Gasteiger partial charge in [0.15, 0.2) is 23.1 Å². The summed E-state index contributed by atoms with van der Waals surface area (Å²) in [5.41, 5.74) is -3.64. The topological polar surface area (TPSA) is 185 Å². The summed E-state index contributed by atoms with van der Waals surface area (Å²) in [7, 11) is 0. The molecule has 172 valence electrons. The third kappa shape index (κ3) is 2.99. The van der Waals surface area contributed by atoms with Gasteiger partial charge in [0.25, 0.3) is 0 Å². The van der Waals surface area contributed by atoms with Crippen LogP contribution in [0, 0.1) is 11.3 Å². The Morgan fingerprint density at radius 1 is 1.18 bits per heavy atom. The van der Waals surface area contributed by atoms with E-state index < -0.39 is 87.3 Å². The van der Waals surface area contributed by atoms with E-state index in [1.807, 2.05) is 0 Å². The van der Waals surface area contributed by atoms with Crippen LogP contribution in [0.25, 0.3) is 16.5 Å². The van der Waals surface area contributed by atoms with E-state index in [0.29, 0.717) is 0 Å². The van der Waals surface area contributed by atoms with Gasteiger partial charge < -0.3 is 35.0 Å². The molecule has 1 aromatic rings. The van der Waals surface area contributed by atoms with Crippen LogP contribution in [0.5, 0.6) is 5.75 Å². The number of carbonyl (C=O) groups excluding carboxylic acids is 2. The zero-order chi connectivity index (χ0) is 26.1. The van der Waals surface area contributed by atoms with Gasteiger partial charge in [-0.25, -0.2) is 0 Å². The molecule has 1 fully saturated rings. The number of aliphatic hydroxyl groups is 4. The van der Waals surface area contributed by atoms with Gasteiger partial charge in [0.1, 0.15) is 23.2 Å². The van der Waals surface area contributed by atoms with Crippen molar-refractivity contribution in [1.29, 1.82) is 5.39 Å². The van der Waals surface area contributed by atoms with Crippen LogP contribution in [-0.4, -0.2) is 56.3 Å². The predicted molar refractivity (Wildman–Crippen MR) is 108 cm³/mol. The molecule has 1 saturated carbocycles. The van der Waals surface area contributed by atoms with Crippen molar-refractivity contribution in [2.24, 2.45) is 5.92 Å². The third-order valence-corrected chi connectivity index (χ3v) is 5.97. The molecule has 4 N–H and O–H groups in total. The second-order valence-electron chi connectivity index (χ2n) is 8.10. The Morgan fingerprint density at radius 3 is 2.39 bits per heavy atom. The minimum Gasteiger partial charge on any atom is -0.872 e. The predicted octanol–water partition coefficient (Wildman–Crippen LogP) is -0.871. The number of nitrogens with zero attached hydrogens (tertiary/aromatic N) is 2. The van der Waals surface area contributed by atoms with Crippen molar-refractivity contribution in [2.75, 3.05) is 0 Å². The zero-order valence-electron chi connectivity index (χ0n) is 19.6. The molecule has 3 aliphatic carbocycles. The van der Waals surface area contributed by atoms with E-state index in [1.165, 1.54) is 0 Å². The molecule has 11 nitrogen and oxygen atoms in total. The first-order chi connectivity index (χ1) is 16.2. The van der Waals surface area contributed by atoms with Gasteiger partial charge in [-0.05, 0) is 6.92 Å². The van der Waals surface area contributed by atoms with E-state index in [2.05, 4.69) is 4.98 Å². The van der Waals surface area contributed by atoms with Crippen molar-refractivity contribution in [2.45, 2.75) is 44.7 Å². The van der Waals surface area contributed by atoms with Crippen molar-refractivity contribution in [3.05, 3.63) is 56.0 Å². The molecule has 5 atom stereocenters. The van der Waals surface area contributed by atoms with E-state index in [-0.39, 0.29) is 16.7 Å². The van der Waals surface area contributed by atoms with Crippen LogP contribution in [0.1, 0.15) is 23.5 Å². The van der Waals surface area contributed by atoms with Gasteiger partial charge in [-0.1, -0.05) is 23.9 Å². The highest BCUT2D eigenvalue weighted by Gasteiger charge is 2.64. The van der Waals surface area contributed by atoms with E-state index in [0.717, 1.165) is 26.8 Å². The van der Waals surface area contributed by atoms with Crippen LogP contribution in [0.15, 0.2) is 40.6 Å². The number of aliphatic hydroxyl groups excluding tert-OH is 3. The maximum Gasteiger partial charge on any atom is 0.384 e. The van der Waals surface area contributed by atoms with Gasteiger partial charge >= 0.3 is 17.6 Å². The molecule has 1 aromatic carbocycles. The van der Waals surface area contributed by atoms with E-state index in [4.69, 9.17) is 12.2 Å². The van der Waals surface area contributed by atoms with Gasteiger partial charge in [-0.2, -0.15) is 0 Å². The molecule has 0 spiro atoms. The SMILES string of the molecule is [2H]c1cc([2H])c2c(c1[O-])=C(O)C1C([N+]#N)=C3C(=C1C=2O)[C@H](O)[C@@H](OC(C)=O)[C@](C)(O)[C@@H]3OC(C)=O. The van der Waals surface area contributed by atoms with Gasteiger partial charge in [0, 0.05) is 35.4 Å². The van der Waals surface area contributed by atoms with Gasteiger partial charge in [-0.3, -0.25) is 9.59 Å². The molecule has 0 saturated heterocycles. The fourth-order valence-corrected chi connectivity index (χ4v) is 4.73. The van der Waals surface area contributed by atoms with Crippen molar-refractivity contribution in [3.63, 3.8) is 0 Å².